The van der Waals surface area contributed by atoms with Gasteiger partial charge in [-0.05, 0) is 40.8 Å². The maximum Gasteiger partial charge on any atom is 0.112 e. The Balaban J connectivity index is 2.31. The van der Waals surface area contributed by atoms with Gasteiger partial charge in [0.25, 0.3) is 0 Å². The quantitative estimate of drug-likeness (QED) is 0.824. The van der Waals surface area contributed by atoms with Crippen LogP contribution in [0.25, 0.3) is 11.3 Å². The predicted molar refractivity (Wildman–Crippen MR) is 79.6 cm³/mol. The van der Waals surface area contributed by atoms with Crippen LogP contribution in [0.2, 0.25) is 0 Å². The standard InChI is InChI=1S/C15H19BrN2/c1-10(2)9-12-5-7-13(8-6-12)14-15(16)18(4)11(3)17-14/h5-8,10H,9H2,1-4H3. The van der Waals surface area contributed by atoms with Gasteiger partial charge in [0.05, 0.1) is 0 Å². The van der Waals surface area contributed by atoms with E-state index >= 15 is 0 Å². The minimum atomic E-state index is 0.694. The summed E-state index contributed by atoms with van der Waals surface area (Å²) in [5, 5.41) is 0. The van der Waals surface area contributed by atoms with E-state index in [1.807, 2.05) is 14.0 Å². The summed E-state index contributed by atoms with van der Waals surface area (Å²) in [7, 11) is 2.02. The molecule has 1 aromatic heterocycles. The van der Waals surface area contributed by atoms with E-state index in [1.54, 1.807) is 0 Å². The smallest absolute Gasteiger partial charge is 0.112 e. The summed E-state index contributed by atoms with van der Waals surface area (Å²) in [4.78, 5) is 4.59. The Morgan fingerprint density at radius 3 is 2.28 bits per heavy atom. The molecule has 0 spiro atoms. The zero-order valence-electron chi connectivity index (χ0n) is 11.4. The molecule has 2 aromatic rings. The number of halogens is 1. The average molecular weight is 307 g/mol. The van der Waals surface area contributed by atoms with Gasteiger partial charge in [-0.15, -0.1) is 0 Å². The molecule has 2 nitrogen and oxygen atoms in total. The van der Waals surface area contributed by atoms with Gasteiger partial charge >= 0.3 is 0 Å². The van der Waals surface area contributed by atoms with E-state index in [0.29, 0.717) is 5.92 Å². The molecule has 1 heterocycles. The first-order chi connectivity index (χ1) is 8.49. The largest absolute Gasteiger partial charge is 0.326 e. The van der Waals surface area contributed by atoms with E-state index in [4.69, 9.17) is 0 Å². The number of rotatable bonds is 3. The highest BCUT2D eigenvalue weighted by Crippen LogP contribution is 2.28. The van der Waals surface area contributed by atoms with Gasteiger partial charge in [-0.25, -0.2) is 4.98 Å². The van der Waals surface area contributed by atoms with Crippen molar-refractivity contribution >= 4 is 15.9 Å². The molecule has 0 amide bonds. The third kappa shape index (κ3) is 2.66. The summed E-state index contributed by atoms with van der Waals surface area (Å²) in [5.74, 6) is 1.71. The first-order valence-electron chi connectivity index (χ1n) is 6.27. The van der Waals surface area contributed by atoms with Gasteiger partial charge < -0.3 is 4.57 Å². The highest BCUT2D eigenvalue weighted by atomic mass is 79.9. The van der Waals surface area contributed by atoms with Crippen LogP contribution in [0.1, 0.15) is 25.2 Å². The zero-order chi connectivity index (χ0) is 13.3. The monoisotopic (exact) mass is 306 g/mol. The lowest BCUT2D eigenvalue weighted by molar-refractivity contribution is 0.647. The SMILES string of the molecule is Cc1nc(-c2ccc(CC(C)C)cc2)c(Br)n1C. The lowest BCUT2D eigenvalue weighted by Crippen LogP contribution is -1.93. The minimum Gasteiger partial charge on any atom is -0.326 e. The van der Waals surface area contributed by atoms with Crippen molar-refractivity contribution in [1.82, 2.24) is 9.55 Å². The molecule has 0 saturated heterocycles. The molecule has 0 fully saturated rings. The second kappa shape index (κ2) is 5.27. The summed E-state index contributed by atoms with van der Waals surface area (Å²) in [6.07, 6.45) is 1.13. The van der Waals surface area contributed by atoms with Crippen LogP contribution in [0.5, 0.6) is 0 Å². The molecule has 0 unspecified atom stereocenters. The number of aromatic nitrogens is 2. The normalized spacial score (nSPS) is 11.2. The van der Waals surface area contributed by atoms with Crippen molar-refractivity contribution in [3.63, 3.8) is 0 Å². The van der Waals surface area contributed by atoms with Crippen LogP contribution in [0.4, 0.5) is 0 Å². The van der Waals surface area contributed by atoms with Crippen molar-refractivity contribution < 1.29 is 0 Å². The van der Waals surface area contributed by atoms with Crippen LogP contribution < -0.4 is 0 Å². The molecule has 0 atom stereocenters. The fraction of sp³-hybridized carbons (Fsp3) is 0.400. The molecule has 0 aliphatic carbocycles. The van der Waals surface area contributed by atoms with Crippen LogP contribution in [0.15, 0.2) is 28.9 Å². The van der Waals surface area contributed by atoms with Gasteiger partial charge in [-0.2, -0.15) is 0 Å². The number of imidazole rings is 1. The third-order valence-electron chi connectivity index (χ3n) is 3.12. The number of hydrogen-bond donors (Lipinski definition) is 0. The van der Waals surface area contributed by atoms with Crippen LogP contribution in [0, 0.1) is 12.8 Å². The molecular formula is C15H19BrN2. The molecule has 0 aliphatic heterocycles. The Hall–Kier alpha value is -1.09. The molecule has 96 valence electrons. The molecule has 1 aromatic carbocycles. The molecule has 0 bridgehead atoms. The van der Waals surface area contributed by atoms with Gasteiger partial charge in [0.15, 0.2) is 0 Å². The maximum absolute atomic E-state index is 4.59. The number of aryl methyl sites for hydroxylation is 1. The number of nitrogens with zero attached hydrogens (tertiary/aromatic N) is 2. The fourth-order valence-electron chi connectivity index (χ4n) is 2.04. The van der Waals surface area contributed by atoms with Gasteiger partial charge in [0.2, 0.25) is 0 Å². The van der Waals surface area contributed by atoms with Crippen LogP contribution in [-0.4, -0.2) is 9.55 Å². The first-order valence-corrected chi connectivity index (χ1v) is 7.06. The molecule has 0 N–H and O–H groups in total. The molecule has 0 aliphatic rings. The zero-order valence-corrected chi connectivity index (χ0v) is 13.0. The van der Waals surface area contributed by atoms with Gasteiger partial charge in [0, 0.05) is 12.6 Å². The van der Waals surface area contributed by atoms with E-state index in [-0.39, 0.29) is 0 Å². The third-order valence-corrected chi connectivity index (χ3v) is 4.03. The Bertz CT molecular complexity index is 538. The van der Waals surface area contributed by atoms with E-state index < -0.39 is 0 Å². The lowest BCUT2D eigenvalue weighted by Gasteiger charge is -2.05. The van der Waals surface area contributed by atoms with Crippen LogP contribution >= 0.6 is 15.9 Å². The van der Waals surface area contributed by atoms with Gasteiger partial charge in [0.1, 0.15) is 16.1 Å². The van der Waals surface area contributed by atoms with Crippen molar-refractivity contribution in [3.05, 3.63) is 40.3 Å². The maximum atomic E-state index is 4.59. The second-order valence-electron chi connectivity index (χ2n) is 5.15. The molecule has 18 heavy (non-hydrogen) atoms. The molecule has 0 radical (unpaired) electrons. The number of benzene rings is 1. The summed E-state index contributed by atoms with van der Waals surface area (Å²) in [5.41, 5.74) is 3.57. The lowest BCUT2D eigenvalue weighted by atomic mass is 10.0. The van der Waals surface area contributed by atoms with Gasteiger partial charge in [-0.1, -0.05) is 38.1 Å². The molecule has 0 saturated carbocycles. The van der Waals surface area contributed by atoms with Crippen LogP contribution in [0.3, 0.4) is 0 Å². The second-order valence-corrected chi connectivity index (χ2v) is 5.90. The molecule has 2 rings (SSSR count). The van der Waals surface area contributed by atoms with Crippen LogP contribution in [-0.2, 0) is 13.5 Å². The average Bonchev–Trinajstić information content (AvgIpc) is 2.57. The number of hydrogen-bond acceptors (Lipinski definition) is 1. The highest BCUT2D eigenvalue weighted by molar-refractivity contribution is 9.10. The summed E-state index contributed by atoms with van der Waals surface area (Å²) in [6.45, 7) is 6.50. The molecule has 3 heteroatoms. The highest BCUT2D eigenvalue weighted by Gasteiger charge is 2.11. The van der Waals surface area contributed by atoms with E-state index in [9.17, 15) is 0 Å². The first kappa shape index (κ1) is 13.3. The van der Waals surface area contributed by atoms with Crippen molar-refractivity contribution in [2.45, 2.75) is 27.2 Å². The van der Waals surface area contributed by atoms with Crippen molar-refractivity contribution in [1.29, 1.82) is 0 Å². The van der Waals surface area contributed by atoms with E-state index in [1.165, 1.54) is 5.56 Å². The van der Waals surface area contributed by atoms with E-state index in [2.05, 4.69) is 63.6 Å². The summed E-state index contributed by atoms with van der Waals surface area (Å²) >= 11 is 3.60. The summed E-state index contributed by atoms with van der Waals surface area (Å²) < 4.78 is 3.09. The van der Waals surface area contributed by atoms with Crippen molar-refractivity contribution in [3.8, 4) is 11.3 Å². The van der Waals surface area contributed by atoms with Crippen molar-refractivity contribution in [2.75, 3.05) is 0 Å². The summed E-state index contributed by atoms with van der Waals surface area (Å²) in [6, 6.07) is 8.71. The van der Waals surface area contributed by atoms with Crippen molar-refractivity contribution in [2.24, 2.45) is 13.0 Å². The minimum absolute atomic E-state index is 0.694. The topological polar surface area (TPSA) is 17.8 Å². The Labute approximate surface area is 117 Å². The fourth-order valence-corrected chi connectivity index (χ4v) is 2.61. The Kier molecular flexibility index (Phi) is 3.91. The predicted octanol–water partition coefficient (Wildman–Crippen LogP) is 4.36. The Morgan fingerprint density at radius 1 is 1.22 bits per heavy atom. The van der Waals surface area contributed by atoms with E-state index in [0.717, 1.165) is 28.1 Å². The molecular weight excluding hydrogens is 288 g/mol. The Morgan fingerprint density at radius 2 is 1.83 bits per heavy atom. The van der Waals surface area contributed by atoms with Gasteiger partial charge in [-0.3, -0.25) is 0 Å².